The highest BCUT2D eigenvalue weighted by Crippen LogP contribution is 2.62. The lowest BCUT2D eigenvalue weighted by Crippen LogP contribution is -2.26. The van der Waals surface area contributed by atoms with E-state index in [9.17, 15) is 0 Å². The number of fused-ring (bicyclic) bond motifs is 4. The molecule has 0 aromatic heterocycles. The van der Waals surface area contributed by atoms with Crippen molar-refractivity contribution in [1.82, 2.24) is 0 Å². The van der Waals surface area contributed by atoms with E-state index in [4.69, 9.17) is 11.6 Å². The Morgan fingerprint density at radius 2 is 1.27 bits per heavy atom. The van der Waals surface area contributed by atoms with E-state index >= 15 is 0 Å². The third-order valence-electron chi connectivity index (χ3n) is 5.89. The van der Waals surface area contributed by atoms with E-state index in [-0.39, 0.29) is 16.2 Å². The predicted octanol–water partition coefficient (Wildman–Crippen LogP) is 5.99. The van der Waals surface area contributed by atoms with Crippen LogP contribution in [0.25, 0.3) is 0 Å². The molecule has 0 saturated heterocycles. The monoisotopic (exact) mass is 310 g/mol. The van der Waals surface area contributed by atoms with Crippen molar-refractivity contribution in [3.8, 4) is 0 Å². The van der Waals surface area contributed by atoms with Crippen LogP contribution >= 0.6 is 11.6 Å². The number of halogens is 1. The number of hydrogen-bond donors (Lipinski definition) is 0. The molecule has 0 bridgehead atoms. The first-order valence-electron chi connectivity index (χ1n) is 8.17. The first kappa shape index (κ1) is 14.3. The Morgan fingerprint density at radius 1 is 0.727 bits per heavy atom. The summed E-state index contributed by atoms with van der Waals surface area (Å²) in [6.07, 6.45) is 2.37. The largest absolute Gasteiger partial charge is 0.0843 e. The molecule has 0 aliphatic heterocycles. The zero-order chi connectivity index (χ0) is 15.8. The van der Waals surface area contributed by atoms with Crippen molar-refractivity contribution in [3.05, 3.63) is 69.7 Å². The average Bonchev–Trinajstić information content (AvgIpc) is 2.80. The van der Waals surface area contributed by atoms with Crippen LogP contribution in [0.4, 0.5) is 0 Å². The van der Waals surface area contributed by atoms with Crippen LogP contribution in [0.3, 0.4) is 0 Å². The second-order valence-corrected chi connectivity index (χ2v) is 8.88. The first-order valence-corrected chi connectivity index (χ1v) is 8.55. The van der Waals surface area contributed by atoms with Gasteiger partial charge in [0.15, 0.2) is 0 Å². The minimum absolute atomic E-state index is 0.156. The van der Waals surface area contributed by atoms with Gasteiger partial charge < -0.3 is 0 Å². The Bertz CT molecular complexity index is 769. The second-order valence-electron chi connectivity index (χ2n) is 8.44. The lowest BCUT2D eigenvalue weighted by Gasteiger charge is -2.30. The van der Waals surface area contributed by atoms with Gasteiger partial charge in [0.25, 0.3) is 0 Å². The molecule has 2 aliphatic rings. The maximum absolute atomic E-state index is 6.30. The van der Waals surface area contributed by atoms with Crippen LogP contribution in [0.5, 0.6) is 0 Å². The Hall–Kier alpha value is -1.27. The summed E-state index contributed by atoms with van der Waals surface area (Å²) < 4.78 is 0. The number of hydrogen-bond acceptors (Lipinski definition) is 0. The van der Waals surface area contributed by atoms with Gasteiger partial charge >= 0.3 is 0 Å². The summed E-state index contributed by atoms with van der Waals surface area (Å²) in [5.74, 6) is 0. The molecule has 22 heavy (non-hydrogen) atoms. The van der Waals surface area contributed by atoms with E-state index in [2.05, 4.69) is 70.2 Å². The molecule has 1 heteroatoms. The molecule has 2 aromatic carbocycles. The van der Waals surface area contributed by atoms with Crippen LogP contribution in [0, 0.1) is 0 Å². The molecule has 0 N–H and O–H groups in total. The Morgan fingerprint density at radius 3 is 1.95 bits per heavy atom. The zero-order valence-corrected chi connectivity index (χ0v) is 14.6. The summed E-state index contributed by atoms with van der Waals surface area (Å²) in [4.78, 5) is 0. The summed E-state index contributed by atoms with van der Waals surface area (Å²) in [7, 11) is 0. The van der Waals surface area contributed by atoms with Crippen LogP contribution in [-0.2, 0) is 16.2 Å². The highest BCUT2D eigenvalue weighted by molar-refractivity contribution is 6.30. The van der Waals surface area contributed by atoms with E-state index in [1.165, 1.54) is 35.1 Å². The topological polar surface area (TPSA) is 0 Å². The Labute approximate surface area is 138 Å². The molecule has 0 heterocycles. The predicted molar refractivity (Wildman–Crippen MR) is 94.0 cm³/mol. The first-order chi connectivity index (χ1) is 10.3. The molecule has 114 valence electrons. The highest BCUT2D eigenvalue weighted by Gasteiger charge is 2.55. The van der Waals surface area contributed by atoms with Crippen molar-refractivity contribution in [2.45, 2.75) is 56.8 Å². The van der Waals surface area contributed by atoms with Crippen LogP contribution in [-0.4, -0.2) is 0 Å². The molecular weight excluding hydrogens is 288 g/mol. The summed E-state index contributed by atoms with van der Waals surface area (Å²) in [6.45, 7) is 9.51. The minimum atomic E-state index is 0.156. The molecule has 0 nitrogen and oxygen atoms in total. The molecule has 1 unspecified atom stereocenters. The van der Waals surface area contributed by atoms with Gasteiger partial charge in [-0.05, 0) is 58.1 Å². The van der Waals surface area contributed by atoms with Gasteiger partial charge in [0, 0.05) is 10.4 Å². The molecule has 0 amide bonds. The molecule has 0 fully saturated rings. The highest BCUT2D eigenvalue weighted by atomic mass is 35.5. The molecule has 4 rings (SSSR count). The van der Waals surface area contributed by atoms with Gasteiger partial charge in [0.05, 0.1) is 0 Å². The Balaban J connectivity index is 2.03. The average molecular weight is 311 g/mol. The van der Waals surface area contributed by atoms with Crippen LogP contribution in [0.1, 0.15) is 62.8 Å². The molecule has 1 atom stereocenters. The quantitative estimate of drug-likeness (QED) is 0.560. The number of benzene rings is 2. The summed E-state index contributed by atoms with van der Waals surface area (Å²) in [5.41, 5.74) is 6.56. The van der Waals surface area contributed by atoms with Gasteiger partial charge in [-0.25, -0.2) is 0 Å². The molecule has 0 radical (unpaired) electrons. The lowest BCUT2D eigenvalue weighted by atomic mass is 9.72. The molecule has 1 spiro atoms. The van der Waals surface area contributed by atoms with Gasteiger partial charge in [0.2, 0.25) is 0 Å². The fraction of sp³-hybridized carbons (Fsp3) is 0.429. The van der Waals surface area contributed by atoms with Crippen molar-refractivity contribution in [2.75, 3.05) is 0 Å². The number of rotatable bonds is 0. The van der Waals surface area contributed by atoms with E-state index in [0.717, 1.165) is 5.02 Å². The maximum atomic E-state index is 6.30. The van der Waals surface area contributed by atoms with Crippen molar-refractivity contribution in [3.63, 3.8) is 0 Å². The van der Waals surface area contributed by atoms with Crippen molar-refractivity contribution < 1.29 is 0 Å². The van der Waals surface area contributed by atoms with E-state index in [1.807, 2.05) is 0 Å². The van der Waals surface area contributed by atoms with Crippen LogP contribution in [0.2, 0.25) is 5.02 Å². The van der Waals surface area contributed by atoms with Crippen molar-refractivity contribution in [1.29, 1.82) is 0 Å². The minimum Gasteiger partial charge on any atom is -0.0843 e. The van der Waals surface area contributed by atoms with Crippen LogP contribution < -0.4 is 0 Å². The summed E-state index contributed by atoms with van der Waals surface area (Å²) in [6, 6.07) is 15.6. The third kappa shape index (κ3) is 1.71. The molecule has 2 aromatic rings. The fourth-order valence-electron chi connectivity index (χ4n) is 5.27. The third-order valence-corrected chi connectivity index (χ3v) is 6.12. The van der Waals surface area contributed by atoms with Crippen molar-refractivity contribution >= 4 is 11.6 Å². The van der Waals surface area contributed by atoms with E-state index in [0.29, 0.717) is 0 Å². The van der Waals surface area contributed by atoms with Crippen molar-refractivity contribution in [2.24, 2.45) is 0 Å². The van der Waals surface area contributed by atoms with Gasteiger partial charge in [-0.15, -0.1) is 0 Å². The van der Waals surface area contributed by atoms with Crippen LogP contribution in [0.15, 0.2) is 42.5 Å². The zero-order valence-electron chi connectivity index (χ0n) is 13.8. The fourth-order valence-corrected chi connectivity index (χ4v) is 5.44. The lowest BCUT2D eigenvalue weighted by molar-refractivity contribution is 0.349. The summed E-state index contributed by atoms with van der Waals surface area (Å²) in [5, 5.41) is 0.856. The standard InChI is InChI=1S/C21H23Cl/c1-19(2)12-21(16-8-6-5-7-15(16)19)13-20(3,4)18-11-14(22)9-10-17(18)21/h5-11H,12-13H2,1-4H3. The molecular formula is C21H23Cl. The van der Waals surface area contributed by atoms with E-state index < -0.39 is 0 Å². The van der Waals surface area contributed by atoms with Gasteiger partial charge in [-0.1, -0.05) is 69.6 Å². The van der Waals surface area contributed by atoms with Gasteiger partial charge in [-0.3, -0.25) is 0 Å². The smallest absolute Gasteiger partial charge is 0.0409 e. The summed E-state index contributed by atoms with van der Waals surface area (Å²) >= 11 is 6.30. The molecule has 2 aliphatic carbocycles. The maximum Gasteiger partial charge on any atom is 0.0409 e. The SMILES string of the molecule is CC1(C)CC2(CC(C)(C)c3cc(Cl)ccc32)c2ccccc21. The molecule has 0 saturated carbocycles. The second kappa shape index (κ2) is 4.17. The Kier molecular flexibility index (Phi) is 2.72. The van der Waals surface area contributed by atoms with Gasteiger partial charge in [-0.2, -0.15) is 0 Å². The normalized spacial score (nSPS) is 27.0. The van der Waals surface area contributed by atoms with Gasteiger partial charge in [0.1, 0.15) is 0 Å². The van der Waals surface area contributed by atoms with E-state index in [1.54, 1.807) is 0 Å².